The van der Waals surface area contributed by atoms with Crippen molar-refractivity contribution in [2.75, 3.05) is 0 Å². The quantitative estimate of drug-likeness (QED) is 0.548. The van der Waals surface area contributed by atoms with Crippen molar-refractivity contribution in [1.82, 2.24) is 0 Å². The molecule has 0 bridgehead atoms. The molecule has 23 heavy (non-hydrogen) atoms. The van der Waals surface area contributed by atoms with Crippen molar-refractivity contribution >= 4 is 0 Å². The Bertz CT molecular complexity index is 433. The molecule has 2 saturated heterocycles. The van der Waals surface area contributed by atoms with E-state index in [1.54, 1.807) is 0 Å². The Kier molecular flexibility index (Phi) is 5.22. The molecule has 0 N–H and O–H groups in total. The third-order valence-corrected chi connectivity index (χ3v) is 7.23. The molecule has 2 aliphatic rings. The van der Waals surface area contributed by atoms with Crippen LogP contribution in [0.3, 0.4) is 0 Å². The molecule has 2 heteroatoms. The van der Waals surface area contributed by atoms with Crippen molar-refractivity contribution < 1.29 is 9.47 Å². The molecule has 2 atom stereocenters. The van der Waals surface area contributed by atoms with Crippen LogP contribution in [0.4, 0.5) is 0 Å². The van der Waals surface area contributed by atoms with Crippen LogP contribution >= 0.6 is 0 Å². The zero-order valence-corrected chi connectivity index (χ0v) is 17.9. The second-order valence-corrected chi connectivity index (χ2v) is 10.4. The van der Waals surface area contributed by atoms with Crippen LogP contribution < -0.4 is 0 Å². The van der Waals surface area contributed by atoms with Crippen LogP contribution in [0.1, 0.15) is 102 Å². The summed E-state index contributed by atoms with van der Waals surface area (Å²) in [5, 5.41) is 0. The fraction of sp³-hybridized carbons (Fsp3) is 1.00. The molecule has 138 valence electrons. The van der Waals surface area contributed by atoms with Crippen LogP contribution in [0, 0.1) is 10.8 Å². The third-order valence-electron chi connectivity index (χ3n) is 7.23. The van der Waals surface area contributed by atoms with Crippen molar-refractivity contribution in [2.45, 2.75) is 125 Å². The highest BCUT2D eigenvalue weighted by Gasteiger charge is 2.66. The van der Waals surface area contributed by atoms with E-state index in [9.17, 15) is 0 Å². The Labute approximate surface area is 145 Å². The van der Waals surface area contributed by atoms with E-state index in [2.05, 4.69) is 83.1 Å². The number of rotatable bonds is 5. The highest BCUT2D eigenvalue weighted by Crippen LogP contribution is 2.58. The minimum absolute atomic E-state index is 0.0898. The normalized spacial score (nSPS) is 34.4. The standard InChI is InChI=1S/C11H22O.C10H20O/c1-7-9(2,3)8-11(6)10(4,5)12-11;1-7-8(2,3)10(6)9(4,5)11-10/h7-8H2,1-6H3;7H2,1-6H3. The van der Waals surface area contributed by atoms with Crippen molar-refractivity contribution in [2.24, 2.45) is 10.8 Å². The van der Waals surface area contributed by atoms with Crippen LogP contribution in [-0.2, 0) is 9.47 Å². The Balaban J connectivity index is 0.000000231. The summed E-state index contributed by atoms with van der Waals surface area (Å²) in [5.74, 6) is 0. The summed E-state index contributed by atoms with van der Waals surface area (Å²) in [6.07, 6.45) is 3.57. The highest BCUT2D eigenvalue weighted by atomic mass is 16.6. The largest absolute Gasteiger partial charge is 0.363 e. The van der Waals surface area contributed by atoms with E-state index in [1.165, 1.54) is 19.3 Å². The zero-order chi connectivity index (χ0) is 18.5. The summed E-state index contributed by atoms with van der Waals surface area (Å²) in [4.78, 5) is 0. The lowest BCUT2D eigenvalue weighted by atomic mass is 9.72. The maximum atomic E-state index is 5.75. The van der Waals surface area contributed by atoms with Gasteiger partial charge in [0.05, 0.1) is 22.4 Å². The molecule has 2 aliphatic heterocycles. The average Bonchev–Trinajstić information content (AvgIpc) is 3.08. The molecular formula is C21H42O2. The second-order valence-electron chi connectivity index (χ2n) is 10.4. The van der Waals surface area contributed by atoms with Gasteiger partial charge in [0.15, 0.2) is 0 Å². The van der Waals surface area contributed by atoms with Crippen LogP contribution in [-0.4, -0.2) is 22.4 Å². The van der Waals surface area contributed by atoms with Gasteiger partial charge in [-0.2, -0.15) is 0 Å². The van der Waals surface area contributed by atoms with Gasteiger partial charge in [-0.05, 0) is 65.2 Å². The number of hydrogen-bond donors (Lipinski definition) is 0. The molecule has 0 amide bonds. The third kappa shape index (κ3) is 3.95. The number of hydrogen-bond acceptors (Lipinski definition) is 2. The van der Waals surface area contributed by atoms with Crippen molar-refractivity contribution in [3.63, 3.8) is 0 Å². The van der Waals surface area contributed by atoms with E-state index >= 15 is 0 Å². The van der Waals surface area contributed by atoms with Crippen molar-refractivity contribution in [1.29, 1.82) is 0 Å². The van der Waals surface area contributed by atoms with Crippen LogP contribution in [0.25, 0.3) is 0 Å². The van der Waals surface area contributed by atoms with Gasteiger partial charge in [0.25, 0.3) is 0 Å². The maximum Gasteiger partial charge on any atom is 0.0996 e. The molecule has 2 rings (SSSR count). The minimum atomic E-state index is 0.0898. The molecule has 0 radical (unpaired) electrons. The topological polar surface area (TPSA) is 25.1 Å². The fourth-order valence-corrected chi connectivity index (χ4v) is 3.60. The van der Waals surface area contributed by atoms with E-state index < -0.39 is 0 Å². The lowest BCUT2D eigenvalue weighted by molar-refractivity contribution is 0.148. The lowest BCUT2D eigenvalue weighted by Crippen LogP contribution is -2.34. The summed E-state index contributed by atoms with van der Waals surface area (Å²) in [5.41, 5.74) is 1.15. The van der Waals surface area contributed by atoms with E-state index in [1.807, 2.05) is 0 Å². The van der Waals surface area contributed by atoms with Gasteiger partial charge in [-0.3, -0.25) is 0 Å². The fourth-order valence-electron chi connectivity index (χ4n) is 3.60. The van der Waals surface area contributed by atoms with Crippen LogP contribution in [0.5, 0.6) is 0 Å². The second kappa shape index (κ2) is 5.73. The average molecular weight is 327 g/mol. The Morgan fingerprint density at radius 1 is 0.696 bits per heavy atom. The Hall–Kier alpha value is -0.0800. The molecule has 2 heterocycles. The number of ether oxygens (including phenoxy) is 2. The van der Waals surface area contributed by atoms with E-state index in [0.717, 1.165) is 0 Å². The van der Waals surface area contributed by atoms with Gasteiger partial charge in [-0.15, -0.1) is 0 Å². The highest BCUT2D eigenvalue weighted by molar-refractivity contribution is 5.14. The van der Waals surface area contributed by atoms with Crippen molar-refractivity contribution in [3.8, 4) is 0 Å². The van der Waals surface area contributed by atoms with Gasteiger partial charge in [0, 0.05) is 0 Å². The van der Waals surface area contributed by atoms with Gasteiger partial charge in [-0.1, -0.05) is 48.0 Å². The summed E-state index contributed by atoms with van der Waals surface area (Å²) in [7, 11) is 0. The molecular weight excluding hydrogens is 284 g/mol. The van der Waals surface area contributed by atoms with Crippen molar-refractivity contribution in [3.05, 3.63) is 0 Å². The van der Waals surface area contributed by atoms with Gasteiger partial charge in [0.2, 0.25) is 0 Å². The predicted octanol–water partition coefficient (Wildman–Crippen LogP) is 6.37. The summed E-state index contributed by atoms with van der Waals surface area (Å²) in [6, 6.07) is 0. The molecule has 2 fully saturated rings. The molecule has 0 aromatic carbocycles. The first-order valence-corrected chi connectivity index (χ1v) is 9.39. The lowest BCUT2D eigenvalue weighted by Gasteiger charge is -2.29. The molecule has 0 aromatic heterocycles. The first-order valence-electron chi connectivity index (χ1n) is 9.39. The Morgan fingerprint density at radius 3 is 1.26 bits per heavy atom. The molecule has 0 aliphatic carbocycles. The summed E-state index contributed by atoms with van der Waals surface area (Å²) >= 11 is 0. The van der Waals surface area contributed by atoms with Crippen LogP contribution in [0.15, 0.2) is 0 Å². The molecule has 2 unspecified atom stereocenters. The molecule has 0 spiro atoms. The first kappa shape index (κ1) is 21.0. The van der Waals surface area contributed by atoms with Gasteiger partial charge < -0.3 is 9.47 Å². The van der Waals surface area contributed by atoms with Gasteiger partial charge in [-0.25, -0.2) is 0 Å². The van der Waals surface area contributed by atoms with E-state index in [-0.39, 0.29) is 22.4 Å². The smallest absolute Gasteiger partial charge is 0.0996 e. The summed E-state index contributed by atoms with van der Waals surface area (Å²) in [6.45, 7) is 26.8. The Morgan fingerprint density at radius 2 is 1.09 bits per heavy atom. The molecule has 0 aromatic rings. The van der Waals surface area contributed by atoms with Gasteiger partial charge in [0.1, 0.15) is 0 Å². The van der Waals surface area contributed by atoms with E-state index in [4.69, 9.17) is 9.47 Å². The predicted molar refractivity (Wildman–Crippen MR) is 99.9 cm³/mol. The van der Waals surface area contributed by atoms with E-state index in [0.29, 0.717) is 10.8 Å². The summed E-state index contributed by atoms with van der Waals surface area (Å²) < 4.78 is 11.5. The van der Waals surface area contributed by atoms with Crippen LogP contribution in [0.2, 0.25) is 0 Å². The van der Waals surface area contributed by atoms with Gasteiger partial charge >= 0.3 is 0 Å². The monoisotopic (exact) mass is 326 g/mol. The first-order chi connectivity index (χ1) is 9.99. The maximum absolute atomic E-state index is 5.75. The zero-order valence-electron chi connectivity index (χ0n) is 17.9. The minimum Gasteiger partial charge on any atom is -0.363 e. The molecule has 0 saturated carbocycles. The SMILES string of the molecule is CCC(C)(C)C1(C)OC1(C)C.CCC(C)(C)CC1(C)OC1(C)C. The number of epoxide rings is 2. The molecule has 2 nitrogen and oxygen atoms in total.